The molecule has 4 nitrogen and oxygen atoms in total. The van der Waals surface area contributed by atoms with Crippen molar-refractivity contribution in [2.24, 2.45) is 5.92 Å². The van der Waals surface area contributed by atoms with E-state index in [2.05, 4.69) is 17.1 Å². The highest BCUT2D eigenvalue weighted by molar-refractivity contribution is 6.30. The van der Waals surface area contributed by atoms with E-state index in [0.29, 0.717) is 25.2 Å². The highest BCUT2D eigenvalue weighted by Gasteiger charge is 2.36. The lowest BCUT2D eigenvalue weighted by atomic mass is 9.79. The molecule has 2 atom stereocenters. The zero-order chi connectivity index (χ0) is 21.3. The molecule has 0 aromatic heterocycles. The van der Waals surface area contributed by atoms with Crippen LogP contribution in [0.25, 0.3) is 0 Å². The minimum Gasteiger partial charge on any atom is -0.368 e. The maximum absolute atomic E-state index is 14.7. The molecule has 2 unspecified atom stereocenters. The van der Waals surface area contributed by atoms with E-state index >= 15 is 0 Å². The Balaban J connectivity index is 1.46. The van der Waals surface area contributed by atoms with Crippen LogP contribution >= 0.6 is 11.6 Å². The minimum absolute atomic E-state index is 0.0763. The van der Waals surface area contributed by atoms with Crippen LogP contribution in [0.4, 0.5) is 10.1 Å². The number of nitrogens with zero attached hydrogens (tertiary/aromatic N) is 2. The molecular weight excluding hydrogens is 401 g/mol. The predicted octanol–water partition coefficient (Wildman–Crippen LogP) is 4.14. The Labute approximate surface area is 183 Å². The summed E-state index contributed by atoms with van der Waals surface area (Å²) in [4.78, 5) is 17.6. The number of hydrogen-bond acceptors (Lipinski definition) is 3. The number of carbonyl (C=O) groups excluding carboxylic acids is 1. The van der Waals surface area contributed by atoms with Crippen molar-refractivity contribution in [1.29, 1.82) is 0 Å². The molecule has 2 saturated heterocycles. The van der Waals surface area contributed by atoms with Crippen molar-refractivity contribution in [2.75, 3.05) is 44.2 Å². The summed E-state index contributed by atoms with van der Waals surface area (Å²) in [7, 11) is 0. The van der Waals surface area contributed by atoms with Crippen LogP contribution in [-0.2, 0) is 4.79 Å². The summed E-state index contributed by atoms with van der Waals surface area (Å²) in [5.74, 6) is -0.362. The standard InChI is InChI=1S/C24H29ClFN3O/c1-16-3-6-20(22(26)13-16)19-7-8-27-15-21(19)24(30)29-11-9-28(10-12-29)23-14-18(25)5-4-17(23)2/h3-6,13-14,19,21,27H,7-12,15H2,1-2H3. The predicted molar refractivity (Wildman–Crippen MR) is 120 cm³/mol. The summed E-state index contributed by atoms with van der Waals surface area (Å²) in [5, 5.41) is 4.07. The summed E-state index contributed by atoms with van der Waals surface area (Å²) in [6, 6.07) is 11.3. The van der Waals surface area contributed by atoms with Crippen LogP contribution in [0, 0.1) is 25.6 Å². The summed E-state index contributed by atoms with van der Waals surface area (Å²) in [6.45, 7) is 8.27. The Hall–Kier alpha value is -2.11. The molecule has 6 heteroatoms. The third-order valence-electron chi connectivity index (χ3n) is 6.46. The van der Waals surface area contributed by atoms with Crippen LogP contribution in [0.3, 0.4) is 0 Å². The Morgan fingerprint density at radius 3 is 2.60 bits per heavy atom. The monoisotopic (exact) mass is 429 g/mol. The number of hydrogen-bond donors (Lipinski definition) is 1. The van der Waals surface area contributed by atoms with Crippen molar-refractivity contribution in [1.82, 2.24) is 10.2 Å². The van der Waals surface area contributed by atoms with E-state index in [0.717, 1.165) is 42.3 Å². The smallest absolute Gasteiger partial charge is 0.227 e. The molecule has 2 fully saturated rings. The van der Waals surface area contributed by atoms with Gasteiger partial charge in [-0.1, -0.05) is 29.8 Å². The van der Waals surface area contributed by atoms with Gasteiger partial charge in [0.2, 0.25) is 5.91 Å². The van der Waals surface area contributed by atoms with E-state index in [9.17, 15) is 9.18 Å². The number of amides is 1. The molecule has 0 bridgehead atoms. The van der Waals surface area contributed by atoms with Gasteiger partial charge in [-0.25, -0.2) is 4.39 Å². The number of piperazine rings is 1. The molecule has 2 aromatic carbocycles. The quantitative estimate of drug-likeness (QED) is 0.796. The van der Waals surface area contributed by atoms with E-state index in [1.165, 1.54) is 5.56 Å². The highest BCUT2D eigenvalue weighted by atomic mass is 35.5. The lowest BCUT2D eigenvalue weighted by molar-refractivity contribution is -0.137. The molecule has 0 spiro atoms. The van der Waals surface area contributed by atoms with Gasteiger partial charge in [0, 0.05) is 49.4 Å². The van der Waals surface area contributed by atoms with Crippen molar-refractivity contribution >= 4 is 23.2 Å². The maximum Gasteiger partial charge on any atom is 0.227 e. The van der Waals surface area contributed by atoms with Crippen LogP contribution in [-0.4, -0.2) is 50.1 Å². The average Bonchev–Trinajstić information content (AvgIpc) is 2.75. The molecule has 0 aliphatic carbocycles. The second kappa shape index (κ2) is 8.94. The number of aryl methyl sites for hydroxylation is 2. The van der Waals surface area contributed by atoms with E-state index in [1.807, 2.05) is 42.2 Å². The highest BCUT2D eigenvalue weighted by Crippen LogP contribution is 2.34. The normalized spacial score (nSPS) is 22.3. The van der Waals surface area contributed by atoms with Crippen LogP contribution in [0.2, 0.25) is 5.02 Å². The molecule has 0 radical (unpaired) electrons. The first-order valence-electron chi connectivity index (χ1n) is 10.7. The molecule has 2 aliphatic rings. The Bertz CT molecular complexity index is 927. The molecule has 1 N–H and O–H groups in total. The van der Waals surface area contributed by atoms with Gasteiger partial charge in [0.1, 0.15) is 5.82 Å². The number of benzene rings is 2. The van der Waals surface area contributed by atoms with Crippen LogP contribution < -0.4 is 10.2 Å². The molecule has 30 heavy (non-hydrogen) atoms. The van der Waals surface area contributed by atoms with E-state index in [1.54, 1.807) is 6.07 Å². The fraction of sp³-hybridized carbons (Fsp3) is 0.458. The molecule has 0 saturated carbocycles. The van der Waals surface area contributed by atoms with Gasteiger partial charge >= 0.3 is 0 Å². The van der Waals surface area contributed by atoms with Gasteiger partial charge < -0.3 is 15.1 Å². The summed E-state index contributed by atoms with van der Waals surface area (Å²) in [6.07, 6.45) is 0.776. The van der Waals surface area contributed by atoms with E-state index in [4.69, 9.17) is 11.6 Å². The lowest BCUT2D eigenvalue weighted by Crippen LogP contribution is -2.53. The first kappa shape index (κ1) is 21.1. The largest absolute Gasteiger partial charge is 0.368 e. The lowest BCUT2D eigenvalue weighted by Gasteiger charge is -2.40. The number of anilines is 1. The molecule has 4 rings (SSSR count). The van der Waals surface area contributed by atoms with Crippen LogP contribution in [0.15, 0.2) is 36.4 Å². The van der Waals surface area contributed by atoms with Gasteiger partial charge in [-0.05, 0) is 61.7 Å². The van der Waals surface area contributed by atoms with E-state index in [-0.39, 0.29) is 23.6 Å². The molecule has 1 amide bonds. The fourth-order valence-electron chi connectivity index (χ4n) is 4.75. The van der Waals surface area contributed by atoms with Crippen molar-refractivity contribution in [3.05, 3.63) is 63.9 Å². The van der Waals surface area contributed by atoms with Crippen molar-refractivity contribution in [2.45, 2.75) is 26.2 Å². The first-order valence-corrected chi connectivity index (χ1v) is 11.1. The maximum atomic E-state index is 14.7. The van der Waals surface area contributed by atoms with Gasteiger partial charge in [0.15, 0.2) is 0 Å². The third kappa shape index (κ3) is 4.33. The number of rotatable bonds is 3. The van der Waals surface area contributed by atoms with Crippen LogP contribution in [0.5, 0.6) is 0 Å². The van der Waals surface area contributed by atoms with Gasteiger partial charge in [-0.15, -0.1) is 0 Å². The number of carbonyl (C=O) groups is 1. The number of piperidine rings is 1. The summed E-state index contributed by atoms with van der Waals surface area (Å²) < 4.78 is 14.7. The number of halogens is 2. The zero-order valence-corrected chi connectivity index (χ0v) is 18.4. The molecule has 2 aromatic rings. The van der Waals surface area contributed by atoms with Gasteiger partial charge in [-0.2, -0.15) is 0 Å². The van der Waals surface area contributed by atoms with Crippen LogP contribution in [0.1, 0.15) is 29.0 Å². The minimum atomic E-state index is -0.226. The molecular formula is C24H29ClFN3O. The zero-order valence-electron chi connectivity index (χ0n) is 17.6. The Morgan fingerprint density at radius 1 is 1.10 bits per heavy atom. The van der Waals surface area contributed by atoms with Crippen molar-refractivity contribution < 1.29 is 9.18 Å². The summed E-state index contributed by atoms with van der Waals surface area (Å²) in [5.41, 5.74) is 3.90. The molecule has 2 heterocycles. The van der Waals surface area contributed by atoms with Crippen molar-refractivity contribution in [3.63, 3.8) is 0 Å². The summed E-state index contributed by atoms with van der Waals surface area (Å²) >= 11 is 6.18. The molecule has 2 aliphatic heterocycles. The van der Waals surface area contributed by atoms with Gasteiger partial charge in [-0.3, -0.25) is 4.79 Å². The molecule has 160 valence electrons. The Kier molecular flexibility index (Phi) is 6.30. The fourth-order valence-corrected chi connectivity index (χ4v) is 4.91. The van der Waals surface area contributed by atoms with Gasteiger partial charge in [0.25, 0.3) is 0 Å². The second-order valence-electron chi connectivity index (χ2n) is 8.47. The first-order chi connectivity index (χ1) is 14.4. The Morgan fingerprint density at radius 2 is 1.87 bits per heavy atom. The van der Waals surface area contributed by atoms with Crippen molar-refractivity contribution in [3.8, 4) is 0 Å². The second-order valence-corrected chi connectivity index (χ2v) is 8.91. The number of nitrogens with one attached hydrogen (secondary N) is 1. The third-order valence-corrected chi connectivity index (χ3v) is 6.69. The topological polar surface area (TPSA) is 35.6 Å². The van der Waals surface area contributed by atoms with Gasteiger partial charge in [0.05, 0.1) is 5.92 Å². The van der Waals surface area contributed by atoms with E-state index < -0.39 is 0 Å². The average molecular weight is 430 g/mol. The SMILES string of the molecule is Cc1ccc(C2CCNCC2C(=O)N2CCN(c3cc(Cl)ccc3C)CC2)c(F)c1.